The molecule has 1 saturated heterocycles. The zero-order valence-corrected chi connectivity index (χ0v) is 8.48. The van der Waals surface area contributed by atoms with Crippen molar-refractivity contribution < 1.29 is 9.90 Å². The molecule has 1 spiro atoms. The van der Waals surface area contributed by atoms with Crippen molar-refractivity contribution in [2.24, 2.45) is 10.5 Å². The van der Waals surface area contributed by atoms with E-state index in [9.17, 15) is 9.90 Å². The van der Waals surface area contributed by atoms with Crippen LogP contribution in [0.2, 0.25) is 0 Å². The summed E-state index contributed by atoms with van der Waals surface area (Å²) in [6, 6.07) is 0.192. The molecule has 82 valence electrons. The molecular formula is C9H14N4O2. The molecule has 6 nitrogen and oxygen atoms in total. The minimum atomic E-state index is -1.06. The summed E-state index contributed by atoms with van der Waals surface area (Å²) >= 11 is 0. The molecule has 2 rings (SSSR count). The number of hydrogen-bond acceptors (Lipinski definition) is 4. The van der Waals surface area contributed by atoms with Crippen molar-refractivity contribution in [2.45, 2.75) is 31.7 Å². The Morgan fingerprint density at radius 2 is 2.07 bits per heavy atom. The molecule has 0 aromatic rings. The molecule has 1 N–H and O–H groups in total. The van der Waals surface area contributed by atoms with Crippen molar-refractivity contribution in [3.05, 3.63) is 0 Å². The molecule has 2 aliphatic rings. The number of nitrogens with zero attached hydrogens (tertiary/aromatic N) is 3. The van der Waals surface area contributed by atoms with Crippen LogP contribution in [-0.2, 0) is 0 Å². The normalized spacial score (nSPS) is 24.4. The predicted octanol–water partition coefficient (Wildman–Crippen LogP) is 0.125. The van der Waals surface area contributed by atoms with E-state index in [1.165, 1.54) is 4.90 Å². The summed E-state index contributed by atoms with van der Waals surface area (Å²) in [7, 11) is 0. The first-order valence-corrected chi connectivity index (χ1v) is 5.18. The number of carbonyl (C=O) groups is 1. The maximum atomic E-state index is 10.6. The van der Waals surface area contributed by atoms with Crippen molar-refractivity contribution in [3.8, 4) is 0 Å². The van der Waals surface area contributed by atoms with Crippen molar-refractivity contribution in [1.82, 2.24) is 9.81 Å². The average Bonchev–Trinajstić information content (AvgIpc) is 2.16. The van der Waals surface area contributed by atoms with Gasteiger partial charge in [0.2, 0.25) is 4.91 Å². The Morgan fingerprint density at radius 1 is 1.47 bits per heavy atom. The molecular weight excluding hydrogens is 196 g/mol. The van der Waals surface area contributed by atoms with E-state index >= 15 is 0 Å². The number of amides is 1. The second-order valence-corrected chi connectivity index (χ2v) is 4.53. The molecule has 0 radical (unpaired) electrons. The van der Waals surface area contributed by atoms with Crippen LogP contribution in [0.1, 0.15) is 25.7 Å². The molecule has 0 unspecified atom stereocenters. The Labute approximate surface area is 87.5 Å². The van der Waals surface area contributed by atoms with Gasteiger partial charge in [-0.3, -0.25) is 0 Å². The highest BCUT2D eigenvalue weighted by molar-refractivity contribution is 5.62. The van der Waals surface area contributed by atoms with Gasteiger partial charge in [0.1, 0.15) is 22.8 Å². The maximum Gasteiger partial charge on any atom is 0.214 e. The molecule has 0 atom stereocenters. The fraction of sp³-hybridized carbons (Fsp3) is 0.889. The van der Waals surface area contributed by atoms with Crippen LogP contribution in [0.4, 0.5) is 4.79 Å². The Bertz CT molecular complexity index is 308. The lowest BCUT2D eigenvalue weighted by Crippen LogP contribution is -2.52. The summed E-state index contributed by atoms with van der Waals surface area (Å²) in [5.41, 5.74) is 6.89. The van der Waals surface area contributed by atoms with Crippen LogP contribution in [0, 0.1) is 10.9 Å². The smallest absolute Gasteiger partial charge is 0.214 e. The third-order valence-electron chi connectivity index (χ3n) is 3.64. The predicted molar refractivity (Wildman–Crippen MR) is 48.9 cm³/mol. The third-order valence-corrected chi connectivity index (χ3v) is 3.64. The van der Waals surface area contributed by atoms with Gasteiger partial charge < -0.3 is 14.8 Å². The van der Waals surface area contributed by atoms with Gasteiger partial charge in [0.05, 0.1) is 0 Å². The maximum absolute atomic E-state index is 10.6. The van der Waals surface area contributed by atoms with Gasteiger partial charge >= 0.3 is 0 Å². The van der Waals surface area contributed by atoms with Crippen molar-refractivity contribution in [2.75, 3.05) is 13.1 Å². The van der Waals surface area contributed by atoms with Crippen LogP contribution in [0.5, 0.6) is 0 Å². The largest absolute Gasteiger partial charge is 0.530 e. The second kappa shape index (κ2) is 3.62. The number of carboxylic acid groups (broad SMARTS) is 1. The summed E-state index contributed by atoms with van der Waals surface area (Å²) in [5, 5.41) is 14.4. The number of carbonyl (C=O) groups excluding carboxylic acids is 1. The first-order chi connectivity index (χ1) is 7.15. The minimum Gasteiger partial charge on any atom is -0.530 e. The van der Waals surface area contributed by atoms with E-state index in [0.717, 1.165) is 25.7 Å². The van der Waals surface area contributed by atoms with Gasteiger partial charge in [-0.2, -0.15) is 0 Å². The Kier molecular flexibility index (Phi) is 2.44. The molecule has 0 bridgehead atoms. The minimum absolute atomic E-state index is 0.192. The summed E-state index contributed by atoms with van der Waals surface area (Å²) in [4.78, 5) is 15.0. The van der Waals surface area contributed by atoms with Crippen molar-refractivity contribution in [1.29, 1.82) is 5.53 Å². The van der Waals surface area contributed by atoms with E-state index in [-0.39, 0.29) is 11.5 Å². The van der Waals surface area contributed by atoms with E-state index in [1.54, 1.807) is 0 Å². The Morgan fingerprint density at radius 3 is 2.53 bits per heavy atom. The van der Waals surface area contributed by atoms with E-state index in [2.05, 4.69) is 10.0 Å². The molecule has 0 aromatic carbocycles. The lowest BCUT2D eigenvalue weighted by atomic mass is 9.60. The van der Waals surface area contributed by atoms with E-state index in [4.69, 9.17) is 5.53 Å². The van der Waals surface area contributed by atoms with Gasteiger partial charge in [0.25, 0.3) is 0 Å². The highest BCUT2D eigenvalue weighted by Crippen LogP contribution is 2.50. The fourth-order valence-corrected chi connectivity index (χ4v) is 2.68. The molecule has 0 aromatic heterocycles. The number of nitrogens with one attached hydrogen (secondary N) is 1. The van der Waals surface area contributed by atoms with E-state index in [0.29, 0.717) is 13.1 Å². The highest BCUT2D eigenvalue weighted by atomic mass is 16.4. The summed E-state index contributed by atoms with van der Waals surface area (Å²) in [6.45, 7) is 1.15. The molecule has 1 heterocycles. The quantitative estimate of drug-likeness (QED) is 0.491. The number of likely N-dealkylation sites (tertiary alicyclic amines) is 1. The Balaban J connectivity index is 1.85. The van der Waals surface area contributed by atoms with Crippen LogP contribution in [0.15, 0.2) is 5.11 Å². The lowest BCUT2D eigenvalue weighted by Gasteiger charge is -2.49. The third kappa shape index (κ3) is 1.85. The van der Waals surface area contributed by atoms with Crippen LogP contribution in [0.25, 0.3) is 0 Å². The first-order valence-electron chi connectivity index (χ1n) is 5.18. The van der Waals surface area contributed by atoms with Crippen LogP contribution < -0.4 is 10.0 Å². The molecule has 1 amide bonds. The Hall–Kier alpha value is -1.42. The first kappa shape index (κ1) is 10.1. The monoisotopic (exact) mass is 210 g/mol. The molecule has 1 aliphatic carbocycles. The molecule has 2 fully saturated rings. The highest BCUT2D eigenvalue weighted by Gasteiger charge is 2.48. The number of rotatable bonds is 1. The molecule has 1 aliphatic heterocycles. The van der Waals surface area contributed by atoms with Crippen molar-refractivity contribution in [3.63, 3.8) is 0 Å². The molecule has 15 heavy (non-hydrogen) atoms. The van der Waals surface area contributed by atoms with Gasteiger partial charge in [-0.15, -0.1) is 0 Å². The van der Waals surface area contributed by atoms with Gasteiger partial charge in [0.15, 0.2) is 0 Å². The van der Waals surface area contributed by atoms with Crippen LogP contribution in [-0.4, -0.2) is 30.1 Å². The van der Waals surface area contributed by atoms with Gasteiger partial charge in [-0.25, -0.2) is 0 Å². The van der Waals surface area contributed by atoms with E-state index in [1.807, 2.05) is 0 Å². The number of piperidine rings is 1. The zero-order chi connectivity index (χ0) is 10.9. The SMILES string of the molecule is N=[N+]=NC1CC2(CCN(C(=O)[O-])CC2)C1. The van der Waals surface area contributed by atoms with Gasteiger partial charge in [-0.05, 0) is 31.1 Å². The molecule has 6 heteroatoms. The van der Waals surface area contributed by atoms with E-state index < -0.39 is 6.09 Å². The fourth-order valence-electron chi connectivity index (χ4n) is 2.68. The second-order valence-electron chi connectivity index (χ2n) is 4.53. The lowest BCUT2D eigenvalue weighted by molar-refractivity contribution is -0.267. The summed E-state index contributed by atoms with van der Waals surface area (Å²) in [6.07, 6.45) is 2.63. The number of hydrogen-bond donors (Lipinski definition) is 1. The van der Waals surface area contributed by atoms with Crippen LogP contribution >= 0.6 is 0 Å². The standard InChI is InChI=1S/C9H14N4O2/c10-12-11-7-5-9(6-7)1-3-13(4-2-9)8(14)15/h7,10H,1-6H2. The topological polar surface area (TPSA) is 93.7 Å². The summed E-state index contributed by atoms with van der Waals surface area (Å²) < 4.78 is 0. The van der Waals surface area contributed by atoms with Gasteiger partial charge in [-0.1, -0.05) is 0 Å². The molecule has 1 saturated carbocycles. The van der Waals surface area contributed by atoms with Gasteiger partial charge in [0, 0.05) is 13.1 Å². The zero-order valence-electron chi connectivity index (χ0n) is 8.48. The average molecular weight is 210 g/mol. The van der Waals surface area contributed by atoms with Crippen molar-refractivity contribution >= 4 is 6.09 Å². The van der Waals surface area contributed by atoms with Crippen LogP contribution in [0.3, 0.4) is 0 Å². The summed E-state index contributed by atoms with van der Waals surface area (Å²) in [5.74, 6) is 0.